The lowest BCUT2D eigenvalue weighted by atomic mass is 10.2. The first kappa shape index (κ1) is 18.7. The van der Waals surface area contributed by atoms with E-state index in [2.05, 4.69) is 15.5 Å². The molecule has 7 nitrogen and oxygen atoms in total. The van der Waals surface area contributed by atoms with Gasteiger partial charge in [-0.15, -0.1) is 10.2 Å². The monoisotopic (exact) mass is 387 g/mol. The minimum absolute atomic E-state index is 0.236. The van der Waals surface area contributed by atoms with Gasteiger partial charge in [0.1, 0.15) is 11.6 Å². The summed E-state index contributed by atoms with van der Waals surface area (Å²) in [4.78, 5) is 12.5. The van der Waals surface area contributed by atoms with E-state index in [1.165, 1.54) is 23.9 Å². The Hall–Kier alpha value is -3.07. The number of carbonyl (C=O) groups excluding carboxylic acids is 1. The van der Waals surface area contributed by atoms with Gasteiger partial charge in [0, 0.05) is 5.56 Å². The Morgan fingerprint density at radius 2 is 2.04 bits per heavy atom. The van der Waals surface area contributed by atoms with Crippen molar-refractivity contribution in [2.45, 2.75) is 17.3 Å². The highest BCUT2D eigenvalue weighted by Crippen LogP contribution is 2.27. The highest BCUT2D eigenvalue weighted by atomic mass is 32.2. The third-order valence-corrected chi connectivity index (χ3v) is 4.82. The molecule has 1 aromatic heterocycles. The molecule has 1 amide bonds. The number of methoxy groups -OCH3 is 1. The summed E-state index contributed by atoms with van der Waals surface area (Å²) < 4.78 is 19.9. The van der Waals surface area contributed by atoms with Crippen LogP contribution in [0.4, 0.5) is 10.1 Å². The average Bonchev–Trinajstić information content (AvgIpc) is 3.02. The van der Waals surface area contributed by atoms with Gasteiger partial charge in [0.25, 0.3) is 0 Å². The van der Waals surface area contributed by atoms with Gasteiger partial charge >= 0.3 is 0 Å². The van der Waals surface area contributed by atoms with E-state index < -0.39 is 11.1 Å². The number of benzene rings is 2. The van der Waals surface area contributed by atoms with Gasteiger partial charge in [-0.05, 0) is 31.2 Å². The van der Waals surface area contributed by atoms with E-state index in [1.807, 2.05) is 6.07 Å². The molecule has 2 aromatic carbocycles. The zero-order valence-electron chi connectivity index (χ0n) is 14.7. The van der Waals surface area contributed by atoms with Gasteiger partial charge < -0.3 is 15.9 Å². The molecule has 9 heteroatoms. The molecule has 3 rings (SSSR count). The van der Waals surface area contributed by atoms with Gasteiger partial charge in [-0.3, -0.25) is 4.79 Å². The zero-order valence-corrected chi connectivity index (χ0v) is 15.5. The number of hydrogen-bond donors (Lipinski definition) is 2. The molecule has 27 heavy (non-hydrogen) atoms. The molecular formula is C18H18FN5O2S. The number of aromatic nitrogens is 3. The molecule has 0 bridgehead atoms. The molecule has 140 valence electrons. The average molecular weight is 387 g/mol. The molecule has 3 N–H and O–H groups in total. The predicted molar refractivity (Wildman–Crippen MR) is 103 cm³/mol. The molecule has 0 saturated carbocycles. The van der Waals surface area contributed by atoms with Crippen LogP contribution in [0.25, 0.3) is 11.4 Å². The van der Waals surface area contributed by atoms with Gasteiger partial charge in [0.05, 0.1) is 18.0 Å². The van der Waals surface area contributed by atoms with Crippen molar-refractivity contribution in [1.82, 2.24) is 14.9 Å². The van der Waals surface area contributed by atoms with Crippen molar-refractivity contribution in [2.75, 3.05) is 18.3 Å². The predicted octanol–water partition coefficient (Wildman–Crippen LogP) is 2.93. The normalized spacial score (nSPS) is 11.8. The molecule has 1 heterocycles. The van der Waals surface area contributed by atoms with Gasteiger partial charge in [0.15, 0.2) is 5.82 Å². The van der Waals surface area contributed by atoms with E-state index in [0.717, 1.165) is 11.8 Å². The fraction of sp³-hybridized carbons (Fsp3) is 0.167. The van der Waals surface area contributed by atoms with Crippen molar-refractivity contribution >= 4 is 23.4 Å². The third kappa shape index (κ3) is 4.20. The second kappa shape index (κ2) is 8.09. The molecule has 0 saturated heterocycles. The number of thioether (sulfide) groups is 1. The summed E-state index contributed by atoms with van der Waals surface area (Å²) in [5.41, 5.74) is 1.08. The minimum Gasteiger partial charge on any atom is -0.495 e. The van der Waals surface area contributed by atoms with Crippen LogP contribution in [0.3, 0.4) is 0 Å². The topological polar surface area (TPSA) is 95.1 Å². The number of nitrogen functional groups attached to an aromatic ring is 1. The summed E-state index contributed by atoms with van der Waals surface area (Å²) in [5, 5.41) is 10.7. The molecule has 0 aliphatic carbocycles. The summed E-state index contributed by atoms with van der Waals surface area (Å²) in [6.07, 6.45) is 0. The number of anilines is 1. The smallest absolute Gasteiger partial charge is 0.237 e. The number of halogens is 1. The number of ether oxygens (including phenoxy) is 1. The van der Waals surface area contributed by atoms with E-state index in [0.29, 0.717) is 28.0 Å². The maximum Gasteiger partial charge on any atom is 0.237 e. The molecular weight excluding hydrogens is 369 g/mol. The number of nitrogens with one attached hydrogen (secondary N) is 1. The Labute approximate surface area is 159 Å². The van der Waals surface area contributed by atoms with E-state index in [-0.39, 0.29) is 5.91 Å². The highest BCUT2D eigenvalue weighted by Gasteiger charge is 2.21. The molecule has 3 aromatic rings. The number of rotatable bonds is 6. The molecule has 0 radical (unpaired) electrons. The molecule has 0 aliphatic rings. The minimum atomic E-state index is -0.498. The van der Waals surface area contributed by atoms with Crippen molar-refractivity contribution in [2.24, 2.45) is 0 Å². The SMILES string of the molecule is COc1ccccc1NC(=O)[C@@H](C)Sc1nnc(-c2cccc(F)c2)n1N. The Morgan fingerprint density at radius 1 is 1.26 bits per heavy atom. The molecule has 0 aliphatic heterocycles. The van der Waals surface area contributed by atoms with Crippen molar-refractivity contribution < 1.29 is 13.9 Å². The van der Waals surface area contributed by atoms with Gasteiger partial charge in [-0.2, -0.15) is 0 Å². The van der Waals surface area contributed by atoms with Crippen LogP contribution in [0.15, 0.2) is 53.7 Å². The largest absolute Gasteiger partial charge is 0.495 e. The van der Waals surface area contributed by atoms with Crippen LogP contribution in [0.1, 0.15) is 6.92 Å². The molecule has 0 spiro atoms. The number of nitrogens with two attached hydrogens (primary N) is 1. The Morgan fingerprint density at radius 3 is 2.78 bits per heavy atom. The number of carbonyl (C=O) groups is 1. The second-order valence-corrected chi connectivity index (χ2v) is 6.94. The third-order valence-electron chi connectivity index (χ3n) is 3.76. The first-order valence-corrected chi connectivity index (χ1v) is 8.94. The summed E-state index contributed by atoms with van der Waals surface area (Å²) >= 11 is 1.15. The lowest BCUT2D eigenvalue weighted by Crippen LogP contribution is -2.24. The summed E-state index contributed by atoms with van der Waals surface area (Å²) in [6, 6.07) is 13.0. The van der Waals surface area contributed by atoms with Gasteiger partial charge in [0.2, 0.25) is 11.1 Å². The van der Waals surface area contributed by atoms with Crippen LogP contribution in [0, 0.1) is 5.82 Å². The summed E-state index contributed by atoms with van der Waals surface area (Å²) in [5.74, 6) is 6.28. The molecule has 0 unspecified atom stereocenters. The second-order valence-electron chi connectivity index (χ2n) is 5.64. The van der Waals surface area contributed by atoms with Crippen LogP contribution < -0.4 is 15.9 Å². The highest BCUT2D eigenvalue weighted by molar-refractivity contribution is 8.00. The van der Waals surface area contributed by atoms with Crippen molar-refractivity contribution in [3.05, 3.63) is 54.3 Å². The molecule has 0 fully saturated rings. The fourth-order valence-corrected chi connectivity index (χ4v) is 3.15. The summed E-state index contributed by atoms with van der Waals surface area (Å²) in [7, 11) is 1.54. The van der Waals surface area contributed by atoms with E-state index in [4.69, 9.17) is 10.6 Å². The lowest BCUT2D eigenvalue weighted by Gasteiger charge is -2.13. The van der Waals surface area contributed by atoms with Crippen molar-refractivity contribution in [3.63, 3.8) is 0 Å². The summed E-state index contributed by atoms with van der Waals surface area (Å²) in [6.45, 7) is 1.73. The Kier molecular flexibility index (Phi) is 5.60. The number of nitrogens with zero attached hydrogens (tertiary/aromatic N) is 3. The standard InChI is InChI=1S/C18H18FN5O2S/c1-11(17(25)21-14-8-3-4-9-15(14)26-2)27-18-23-22-16(24(18)20)12-6-5-7-13(19)10-12/h3-11H,20H2,1-2H3,(H,21,25)/t11-/m1/s1. The fourth-order valence-electron chi connectivity index (χ4n) is 2.38. The van der Waals surface area contributed by atoms with Crippen molar-refractivity contribution in [1.29, 1.82) is 0 Å². The quantitative estimate of drug-likeness (QED) is 0.499. The van der Waals surface area contributed by atoms with Crippen LogP contribution in [-0.4, -0.2) is 33.1 Å². The van der Waals surface area contributed by atoms with Crippen molar-refractivity contribution in [3.8, 4) is 17.1 Å². The number of amides is 1. The van der Waals surface area contributed by atoms with E-state index in [9.17, 15) is 9.18 Å². The Bertz CT molecular complexity index is 962. The van der Waals surface area contributed by atoms with Crippen LogP contribution in [-0.2, 0) is 4.79 Å². The van der Waals surface area contributed by atoms with E-state index >= 15 is 0 Å². The Balaban J connectivity index is 1.72. The lowest BCUT2D eigenvalue weighted by molar-refractivity contribution is -0.115. The molecule has 1 atom stereocenters. The first-order valence-electron chi connectivity index (χ1n) is 8.06. The first-order chi connectivity index (χ1) is 13.0. The van der Waals surface area contributed by atoms with Crippen LogP contribution in [0.2, 0.25) is 0 Å². The van der Waals surface area contributed by atoms with Crippen LogP contribution >= 0.6 is 11.8 Å². The van der Waals surface area contributed by atoms with Gasteiger partial charge in [-0.1, -0.05) is 36.0 Å². The number of hydrogen-bond acceptors (Lipinski definition) is 6. The van der Waals surface area contributed by atoms with E-state index in [1.54, 1.807) is 37.3 Å². The number of para-hydroxylation sites is 2. The zero-order chi connectivity index (χ0) is 19.4. The van der Waals surface area contributed by atoms with Gasteiger partial charge in [-0.25, -0.2) is 9.07 Å². The maximum absolute atomic E-state index is 13.4. The van der Waals surface area contributed by atoms with Crippen LogP contribution in [0.5, 0.6) is 5.75 Å². The maximum atomic E-state index is 13.4.